The van der Waals surface area contributed by atoms with E-state index < -0.39 is 11.7 Å². The number of ether oxygens (including phenoxy) is 2. The summed E-state index contributed by atoms with van der Waals surface area (Å²) in [6, 6.07) is 5.11. The lowest BCUT2D eigenvalue weighted by Gasteiger charge is -2.31. The molecule has 0 aliphatic carbocycles. The fourth-order valence-corrected chi connectivity index (χ4v) is 2.08. The van der Waals surface area contributed by atoms with Crippen LogP contribution in [0.5, 0.6) is 5.75 Å². The number of methoxy groups -OCH3 is 1. The summed E-state index contributed by atoms with van der Waals surface area (Å²) in [5.41, 5.74) is 0.517. The molecule has 1 aliphatic rings. The predicted octanol–water partition coefficient (Wildman–Crippen LogP) is 3.02. The van der Waals surface area contributed by atoms with Crippen molar-refractivity contribution in [3.63, 3.8) is 0 Å². The highest BCUT2D eigenvalue weighted by Crippen LogP contribution is 2.31. The van der Waals surface area contributed by atoms with Gasteiger partial charge in [-0.25, -0.2) is 4.79 Å². The molecular weight excluding hydrogens is 258 g/mol. The summed E-state index contributed by atoms with van der Waals surface area (Å²) in [6.07, 6.45) is -0.143. The van der Waals surface area contributed by atoms with Gasteiger partial charge in [0, 0.05) is 18.5 Å². The third-order valence-electron chi connectivity index (χ3n) is 2.97. The molecule has 0 unspecified atom stereocenters. The number of anilines is 1. The van der Waals surface area contributed by atoms with Crippen LogP contribution in [0.15, 0.2) is 18.2 Å². The number of hydrogen-bond acceptors (Lipinski definition) is 4. The molecule has 1 amide bonds. The Bertz CT molecular complexity index is 545. The van der Waals surface area contributed by atoms with Gasteiger partial charge in [0.05, 0.1) is 12.8 Å². The van der Waals surface area contributed by atoms with Gasteiger partial charge in [-0.3, -0.25) is 9.69 Å². The van der Waals surface area contributed by atoms with Crippen molar-refractivity contribution in [2.24, 2.45) is 0 Å². The van der Waals surface area contributed by atoms with Crippen molar-refractivity contribution in [2.45, 2.75) is 32.8 Å². The van der Waals surface area contributed by atoms with E-state index in [0.717, 1.165) is 0 Å². The van der Waals surface area contributed by atoms with Crippen molar-refractivity contribution in [1.82, 2.24) is 0 Å². The summed E-state index contributed by atoms with van der Waals surface area (Å²) in [5, 5.41) is 0. The minimum atomic E-state index is -0.564. The third-order valence-corrected chi connectivity index (χ3v) is 2.97. The summed E-state index contributed by atoms with van der Waals surface area (Å²) < 4.78 is 10.5. The zero-order valence-electron chi connectivity index (χ0n) is 12.2. The van der Waals surface area contributed by atoms with Crippen LogP contribution in [0.1, 0.15) is 37.6 Å². The number of nitrogens with zero attached hydrogens (tertiary/aromatic N) is 1. The van der Waals surface area contributed by atoms with Crippen LogP contribution in [0.4, 0.5) is 10.5 Å². The molecule has 108 valence electrons. The maximum absolute atomic E-state index is 12.2. The van der Waals surface area contributed by atoms with Crippen molar-refractivity contribution in [1.29, 1.82) is 0 Å². The summed E-state index contributed by atoms with van der Waals surface area (Å²) in [5.74, 6) is 0.613. The van der Waals surface area contributed by atoms with E-state index in [2.05, 4.69) is 0 Å². The number of benzene rings is 1. The average molecular weight is 277 g/mol. The largest absolute Gasteiger partial charge is 0.497 e. The van der Waals surface area contributed by atoms with E-state index in [1.807, 2.05) is 20.8 Å². The first-order chi connectivity index (χ1) is 9.31. The Labute approximate surface area is 118 Å². The van der Waals surface area contributed by atoms with Crippen molar-refractivity contribution >= 4 is 17.6 Å². The zero-order valence-corrected chi connectivity index (χ0v) is 12.2. The Balaban J connectivity index is 2.34. The van der Waals surface area contributed by atoms with Gasteiger partial charge in [0.1, 0.15) is 11.4 Å². The summed E-state index contributed by atoms with van der Waals surface area (Å²) >= 11 is 0. The van der Waals surface area contributed by atoms with Gasteiger partial charge < -0.3 is 9.47 Å². The second-order valence-electron chi connectivity index (χ2n) is 5.69. The SMILES string of the molecule is COc1ccc2c(c1)C(=O)CCN2C(=O)OC(C)(C)C. The van der Waals surface area contributed by atoms with Gasteiger partial charge in [-0.15, -0.1) is 0 Å². The maximum atomic E-state index is 12.2. The molecule has 20 heavy (non-hydrogen) atoms. The molecule has 0 spiro atoms. The van der Waals surface area contributed by atoms with E-state index in [9.17, 15) is 9.59 Å². The monoisotopic (exact) mass is 277 g/mol. The Morgan fingerprint density at radius 3 is 2.60 bits per heavy atom. The van der Waals surface area contributed by atoms with Crippen LogP contribution in [0.2, 0.25) is 0 Å². The Kier molecular flexibility index (Phi) is 3.70. The Morgan fingerprint density at radius 1 is 1.30 bits per heavy atom. The molecular formula is C15H19NO4. The van der Waals surface area contributed by atoms with Crippen molar-refractivity contribution < 1.29 is 19.1 Å². The molecule has 1 aliphatic heterocycles. The minimum absolute atomic E-state index is 0.0127. The molecule has 0 radical (unpaired) electrons. The van der Waals surface area contributed by atoms with Crippen LogP contribution < -0.4 is 9.64 Å². The number of ketones is 1. The minimum Gasteiger partial charge on any atom is -0.497 e. The molecule has 0 fully saturated rings. The fraction of sp³-hybridized carbons (Fsp3) is 0.467. The highest BCUT2D eigenvalue weighted by atomic mass is 16.6. The number of carbonyl (C=O) groups excluding carboxylic acids is 2. The second-order valence-corrected chi connectivity index (χ2v) is 5.69. The fourth-order valence-electron chi connectivity index (χ4n) is 2.08. The molecule has 1 aromatic carbocycles. The second kappa shape index (κ2) is 5.15. The van der Waals surface area contributed by atoms with E-state index in [0.29, 0.717) is 30.0 Å². The summed E-state index contributed by atoms with van der Waals surface area (Å²) in [7, 11) is 1.54. The number of Topliss-reactive ketones (excluding diaryl/α,β-unsaturated/α-hetero) is 1. The predicted molar refractivity (Wildman–Crippen MR) is 75.5 cm³/mol. The van der Waals surface area contributed by atoms with E-state index >= 15 is 0 Å². The normalized spacial score (nSPS) is 14.8. The molecule has 1 aromatic rings. The lowest BCUT2D eigenvalue weighted by molar-refractivity contribution is 0.0577. The standard InChI is InChI=1S/C15H19NO4/c1-15(2,3)20-14(18)16-8-7-13(17)11-9-10(19-4)5-6-12(11)16/h5-6,9H,7-8H2,1-4H3. The van der Waals surface area contributed by atoms with Crippen LogP contribution in [-0.2, 0) is 4.74 Å². The van der Waals surface area contributed by atoms with Crippen LogP contribution in [-0.4, -0.2) is 31.1 Å². The van der Waals surface area contributed by atoms with Gasteiger partial charge in [0.15, 0.2) is 5.78 Å². The molecule has 0 atom stereocenters. The molecule has 0 saturated carbocycles. The summed E-state index contributed by atoms with van der Waals surface area (Å²) in [6.45, 7) is 5.78. The Hall–Kier alpha value is -2.04. The number of amides is 1. The van der Waals surface area contributed by atoms with Gasteiger partial charge >= 0.3 is 6.09 Å². The van der Waals surface area contributed by atoms with Crippen LogP contribution in [0.3, 0.4) is 0 Å². The molecule has 0 N–H and O–H groups in total. The molecule has 0 saturated heterocycles. The number of hydrogen-bond donors (Lipinski definition) is 0. The van der Waals surface area contributed by atoms with Gasteiger partial charge in [-0.2, -0.15) is 0 Å². The summed E-state index contributed by atoms with van der Waals surface area (Å²) in [4.78, 5) is 25.7. The Morgan fingerprint density at radius 2 is 2.00 bits per heavy atom. The number of carbonyl (C=O) groups is 2. The van der Waals surface area contributed by atoms with E-state index in [1.165, 1.54) is 4.90 Å². The quantitative estimate of drug-likeness (QED) is 0.791. The molecule has 1 heterocycles. The smallest absolute Gasteiger partial charge is 0.414 e. The van der Waals surface area contributed by atoms with E-state index in [1.54, 1.807) is 25.3 Å². The van der Waals surface area contributed by atoms with Gasteiger partial charge in [-0.05, 0) is 39.0 Å². The van der Waals surface area contributed by atoms with Crippen molar-refractivity contribution in [3.8, 4) is 5.75 Å². The highest BCUT2D eigenvalue weighted by Gasteiger charge is 2.30. The van der Waals surface area contributed by atoms with Gasteiger partial charge in [-0.1, -0.05) is 0 Å². The maximum Gasteiger partial charge on any atom is 0.414 e. The average Bonchev–Trinajstić information content (AvgIpc) is 2.36. The third kappa shape index (κ3) is 2.92. The first-order valence-electron chi connectivity index (χ1n) is 6.53. The first kappa shape index (κ1) is 14.4. The van der Waals surface area contributed by atoms with Crippen molar-refractivity contribution in [3.05, 3.63) is 23.8 Å². The topological polar surface area (TPSA) is 55.8 Å². The van der Waals surface area contributed by atoms with Crippen LogP contribution in [0, 0.1) is 0 Å². The lowest BCUT2D eigenvalue weighted by atomic mass is 10.0. The van der Waals surface area contributed by atoms with Crippen LogP contribution in [0.25, 0.3) is 0 Å². The van der Waals surface area contributed by atoms with E-state index in [4.69, 9.17) is 9.47 Å². The number of fused-ring (bicyclic) bond motifs is 1. The van der Waals surface area contributed by atoms with Gasteiger partial charge in [0.25, 0.3) is 0 Å². The molecule has 0 bridgehead atoms. The zero-order chi connectivity index (χ0) is 14.9. The molecule has 5 nitrogen and oxygen atoms in total. The molecule has 2 rings (SSSR count). The highest BCUT2D eigenvalue weighted by molar-refractivity contribution is 6.07. The van der Waals surface area contributed by atoms with Crippen molar-refractivity contribution in [2.75, 3.05) is 18.6 Å². The molecule has 5 heteroatoms. The first-order valence-corrected chi connectivity index (χ1v) is 6.53. The van der Waals surface area contributed by atoms with Crippen LogP contribution >= 0.6 is 0 Å². The van der Waals surface area contributed by atoms with Gasteiger partial charge in [0.2, 0.25) is 0 Å². The molecule has 0 aromatic heterocycles. The number of rotatable bonds is 1. The van der Waals surface area contributed by atoms with E-state index in [-0.39, 0.29) is 5.78 Å². The lowest BCUT2D eigenvalue weighted by Crippen LogP contribution is -2.41.